The van der Waals surface area contributed by atoms with Gasteiger partial charge in [0.25, 0.3) is 0 Å². The van der Waals surface area contributed by atoms with Crippen LogP contribution in [0.4, 0.5) is 4.79 Å². The molecule has 0 aromatic heterocycles. The molecule has 2 N–H and O–H groups in total. The number of rotatable bonds is 8. The van der Waals surface area contributed by atoms with E-state index in [0.29, 0.717) is 28.6 Å². The molecule has 0 saturated heterocycles. The number of carbonyl (C=O) groups is 1. The van der Waals surface area contributed by atoms with Gasteiger partial charge in [-0.1, -0.05) is 36.2 Å². The minimum Gasteiger partial charge on any atom is -0.441 e. The van der Waals surface area contributed by atoms with Crippen LogP contribution in [0.15, 0.2) is 18.2 Å². The lowest BCUT2D eigenvalue weighted by atomic mass is 9.98. The van der Waals surface area contributed by atoms with E-state index < -0.39 is 12.2 Å². The van der Waals surface area contributed by atoms with Gasteiger partial charge in [0.15, 0.2) is 0 Å². The standard InChI is InChI=1S/C14H19Cl2NO4/c1-9(7-20-8-19-2)6-12(21-14(17)18)13-10(15)4-3-5-11(13)16/h3-5,9,12H,6-8H2,1-2H3,(H2,17,18)/t9-,12-/m1/s1. The van der Waals surface area contributed by atoms with E-state index in [4.69, 9.17) is 43.1 Å². The Hall–Kier alpha value is -1.01. The average Bonchev–Trinajstić information content (AvgIpc) is 2.37. The normalized spacial score (nSPS) is 13.7. The van der Waals surface area contributed by atoms with Crippen LogP contribution in [-0.4, -0.2) is 26.6 Å². The fourth-order valence-electron chi connectivity index (χ4n) is 1.95. The number of amides is 1. The summed E-state index contributed by atoms with van der Waals surface area (Å²) in [6, 6.07) is 5.10. The van der Waals surface area contributed by atoms with E-state index in [2.05, 4.69) is 0 Å². The monoisotopic (exact) mass is 335 g/mol. The molecule has 0 unspecified atom stereocenters. The Labute approximate surface area is 134 Å². The fourth-order valence-corrected chi connectivity index (χ4v) is 2.59. The van der Waals surface area contributed by atoms with Crippen molar-refractivity contribution in [1.82, 2.24) is 0 Å². The lowest BCUT2D eigenvalue weighted by Crippen LogP contribution is -2.21. The number of halogens is 2. The summed E-state index contributed by atoms with van der Waals surface area (Å²) in [7, 11) is 1.55. The van der Waals surface area contributed by atoms with Gasteiger partial charge in [-0.2, -0.15) is 0 Å². The molecule has 0 aliphatic carbocycles. The number of benzene rings is 1. The molecular weight excluding hydrogens is 317 g/mol. The van der Waals surface area contributed by atoms with Crippen LogP contribution in [0, 0.1) is 5.92 Å². The Balaban J connectivity index is 2.83. The van der Waals surface area contributed by atoms with Crippen molar-refractivity contribution in [2.75, 3.05) is 20.5 Å². The van der Waals surface area contributed by atoms with E-state index in [9.17, 15) is 4.79 Å². The van der Waals surface area contributed by atoms with E-state index in [1.54, 1.807) is 25.3 Å². The molecule has 7 heteroatoms. The molecule has 0 heterocycles. The Morgan fingerprint density at radius 2 is 1.95 bits per heavy atom. The SMILES string of the molecule is COCOC[C@H](C)C[C@@H](OC(N)=O)c1c(Cl)cccc1Cl. The molecule has 5 nitrogen and oxygen atoms in total. The van der Waals surface area contributed by atoms with Gasteiger partial charge in [-0.05, 0) is 24.5 Å². The van der Waals surface area contributed by atoms with Gasteiger partial charge in [-0.25, -0.2) is 4.79 Å². The van der Waals surface area contributed by atoms with E-state index in [1.807, 2.05) is 6.92 Å². The first-order valence-corrected chi connectivity index (χ1v) is 7.18. The Kier molecular flexibility index (Phi) is 7.82. The lowest BCUT2D eigenvalue weighted by Gasteiger charge is -2.22. The average molecular weight is 336 g/mol. The minimum atomic E-state index is -0.874. The highest BCUT2D eigenvalue weighted by molar-refractivity contribution is 6.36. The smallest absolute Gasteiger partial charge is 0.405 e. The third-order valence-corrected chi connectivity index (χ3v) is 3.46. The zero-order valence-electron chi connectivity index (χ0n) is 12.0. The van der Waals surface area contributed by atoms with Gasteiger partial charge in [0.2, 0.25) is 0 Å². The molecular formula is C14H19Cl2NO4. The molecule has 0 fully saturated rings. The molecule has 1 rings (SSSR count). The fraction of sp³-hybridized carbons (Fsp3) is 0.500. The maximum Gasteiger partial charge on any atom is 0.405 e. The van der Waals surface area contributed by atoms with Gasteiger partial charge < -0.3 is 19.9 Å². The van der Waals surface area contributed by atoms with Gasteiger partial charge in [-0.15, -0.1) is 0 Å². The number of primary amides is 1. The van der Waals surface area contributed by atoms with Crippen LogP contribution in [-0.2, 0) is 14.2 Å². The molecule has 0 spiro atoms. The highest BCUT2D eigenvalue weighted by Gasteiger charge is 2.23. The maximum atomic E-state index is 11.1. The number of nitrogens with two attached hydrogens (primary N) is 1. The minimum absolute atomic E-state index is 0.0943. The van der Waals surface area contributed by atoms with Gasteiger partial charge >= 0.3 is 6.09 Å². The number of hydrogen-bond acceptors (Lipinski definition) is 4. The van der Waals surface area contributed by atoms with Crippen LogP contribution in [0.25, 0.3) is 0 Å². The van der Waals surface area contributed by atoms with Gasteiger partial charge in [0.05, 0.1) is 6.61 Å². The summed E-state index contributed by atoms with van der Waals surface area (Å²) >= 11 is 12.3. The van der Waals surface area contributed by atoms with Crippen molar-refractivity contribution < 1.29 is 19.0 Å². The second-order valence-electron chi connectivity index (χ2n) is 4.68. The molecule has 1 aromatic rings. The summed E-state index contributed by atoms with van der Waals surface area (Å²) in [4.78, 5) is 11.1. The third-order valence-electron chi connectivity index (χ3n) is 2.80. The van der Waals surface area contributed by atoms with Crippen LogP contribution in [0.3, 0.4) is 0 Å². The second kappa shape index (κ2) is 9.10. The number of carbonyl (C=O) groups excluding carboxylic acids is 1. The molecule has 1 aromatic carbocycles. The zero-order chi connectivity index (χ0) is 15.8. The first-order chi connectivity index (χ1) is 9.95. The predicted octanol–water partition coefficient (Wildman–Crippen LogP) is 3.78. The van der Waals surface area contributed by atoms with Gasteiger partial charge in [0, 0.05) is 22.7 Å². The Bertz CT molecular complexity index is 450. The summed E-state index contributed by atoms with van der Waals surface area (Å²) in [5.74, 6) is 0.0943. The number of hydrogen-bond donors (Lipinski definition) is 1. The van der Waals surface area contributed by atoms with Crippen LogP contribution in [0.2, 0.25) is 10.0 Å². The molecule has 0 aliphatic heterocycles. The highest BCUT2D eigenvalue weighted by atomic mass is 35.5. The molecule has 0 saturated carbocycles. The van der Waals surface area contributed by atoms with Crippen molar-refractivity contribution in [3.05, 3.63) is 33.8 Å². The lowest BCUT2D eigenvalue weighted by molar-refractivity contribution is -0.0465. The summed E-state index contributed by atoms with van der Waals surface area (Å²) in [6.07, 6.45) is -1.01. The highest BCUT2D eigenvalue weighted by Crippen LogP contribution is 2.36. The number of ether oxygens (including phenoxy) is 3. The van der Waals surface area contributed by atoms with Crippen LogP contribution in [0.1, 0.15) is 25.0 Å². The molecule has 1 amide bonds. The first-order valence-electron chi connectivity index (χ1n) is 6.42. The van der Waals surface area contributed by atoms with Crippen molar-refractivity contribution in [2.45, 2.75) is 19.4 Å². The maximum absolute atomic E-state index is 11.1. The van der Waals surface area contributed by atoms with Gasteiger partial charge in [0.1, 0.15) is 12.9 Å². The summed E-state index contributed by atoms with van der Waals surface area (Å²) in [5, 5.41) is 0.859. The first kappa shape index (κ1) is 18.0. The van der Waals surface area contributed by atoms with E-state index in [1.165, 1.54) is 0 Å². The molecule has 0 bridgehead atoms. The van der Waals surface area contributed by atoms with E-state index in [0.717, 1.165) is 0 Å². The topological polar surface area (TPSA) is 70.8 Å². The summed E-state index contributed by atoms with van der Waals surface area (Å²) in [6.45, 7) is 2.62. The zero-order valence-corrected chi connectivity index (χ0v) is 13.5. The van der Waals surface area contributed by atoms with Gasteiger partial charge in [-0.3, -0.25) is 0 Å². The predicted molar refractivity (Wildman–Crippen MR) is 81.5 cm³/mol. The van der Waals surface area contributed by atoms with Crippen LogP contribution >= 0.6 is 23.2 Å². The summed E-state index contributed by atoms with van der Waals surface area (Å²) < 4.78 is 15.3. The van der Waals surface area contributed by atoms with Crippen molar-refractivity contribution in [2.24, 2.45) is 11.7 Å². The summed E-state index contributed by atoms with van der Waals surface area (Å²) in [5.41, 5.74) is 5.68. The van der Waals surface area contributed by atoms with Crippen LogP contribution in [0.5, 0.6) is 0 Å². The van der Waals surface area contributed by atoms with Crippen LogP contribution < -0.4 is 5.73 Å². The molecule has 0 aliphatic rings. The molecule has 118 valence electrons. The van der Waals surface area contributed by atoms with Crippen molar-refractivity contribution in [3.63, 3.8) is 0 Å². The molecule has 0 radical (unpaired) electrons. The van der Waals surface area contributed by atoms with Crippen molar-refractivity contribution >= 4 is 29.3 Å². The Morgan fingerprint density at radius 1 is 1.33 bits per heavy atom. The third kappa shape index (κ3) is 6.09. The Morgan fingerprint density at radius 3 is 2.48 bits per heavy atom. The quantitative estimate of drug-likeness (QED) is 0.579. The van der Waals surface area contributed by atoms with Crippen molar-refractivity contribution in [1.29, 1.82) is 0 Å². The van der Waals surface area contributed by atoms with E-state index in [-0.39, 0.29) is 12.7 Å². The molecule has 21 heavy (non-hydrogen) atoms. The van der Waals surface area contributed by atoms with E-state index >= 15 is 0 Å². The van der Waals surface area contributed by atoms with Crippen molar-refractivity contribution in [3.8, 4) is 0 Å². The second-order valence-corrected chi connectivity index (χ2v) is 5.49. The largest absolute Gasteiger partial charge is 0.441 e. The number of methoxy groups -OCH3 is 1. The molecule has 2 atom stereocenters.